The largest absolute Gasteiger partial charge is 0.327 e. The third-order valence-corrected chi connectivity index (χ3v) is 5.79. The van der Waals surface area contributed by atoms with Crippen LogP contribution in [0.25, 0.3) is 0 Å². The molecule has 1 saturated heterocycles. The molecule has 2 heterocycles. The summed E-state index contributed by atoms with van der Waals surface area (Å²) < 4.78 is 0. The predicted octanol–water partition coefficient (Wildman–Crippen LogP) is 2.93. The Morgan fingerprint density at radius 1 is 0.882 bits per heavy atom. The van der Waals surface area contributed by atoms with Crippen LogP contribution in [-0.4, -0.2) is 63.1 Å². The predicted molar refractivity (Wildman–Crippen MR) is 127 cm³/mol. The van der Waals surface area contributed by atoms with E-state index < -0.39 is 5.91 Å². The van der Waals surface area contributed by atoms with Gasteiger partial charge in [-0.25, -0.2) is 20.2 Å². The Kier molecular flexibility index (Phi) is 7.79. The minimum atomic E-state index is -0.588. The second kappa shape index (κ2) is 11.4. The first-order chi connectivity index (χ1) is 16.6. The second-order valence-corrected chi connectivity index (χ2v) is 8.16. The zero-order valence-corrected chi connectivity index (χ0v) is 18.9. The van der Waals surface area contributed by atoms with E-state index in [9.17, 15) is 9.59 Å². The zero-order chi connectivity index (χ0) is 23.8. The van der Waals surface area contributed by atoms with Crippen molar-refractivity contribution in [2.24, 2.45) is 0 Å². The number of nitrogens with zero attached hydrogens (tertiary/aromatic N) is 5. The summed E-state index contributed by atoms with van der Waals surface area (Å²) in [5, 5.41) is 8.81. The molecule has 2 N–H and O–H groups in total. The molecule has 0 unspecified atom stereocenters. The first kappa shape index (κ1) is 23.3. The van der Waals surface area contributed by atoms with E-state index in [0.29, 0.717) is 24.6 Å². The van der Waals surface area contributed by atoms with Crippen molar-refractivity contribution < 1.29 is 14.8 Å². The van der Waals surface area contributed by atoms with Crippen molar-refractivity contribution in [2.45, 2.75) is 19.5 Å². The summed E-state index contributed by atoms with van der Waals surface area (Å²) in [6, 6.07) is 18.6. The molecular formula is C25H28N6O3. The number of hydrogen-bond donors (Lipinski definition) is 2. The molecule has 9 nitrogen and oxygen atoms in total. The number of benzene rings is 2. The molecule has 0 saturated carbocycles. The van der Waals surface area contributed by atoms with Gasteiger partial charge in [-0.3, -0.25) is 19.8 Å². The summed E-state index contributed by atoms with van der Waals surface area (Å²) in [7, 11) is 0. The maximum absolute atomic E-state index is 13.6. The van der Waals surface area contributed by atoms with Crippen LogP contribution in [0.5, 0.6) is 0 Å². The Labute approximate surface area is 198 Å². The molecule has 1 aliphatic heterocycles. The van der Waals surface area contributed by atoms with Gasteiger partial charge in [-0.2, -0.15) is 0 Å². The molecule has 9 heteroatoms. The van der Waals surface area contributed by atoms with Crippen LogP contribution >= 0.6 is 0 Å². The summed E-state index contributed by atoms with van der Waals surface area (Å²) in [5.74, 6) is -0.259. The summed E-state index contributed by atoms with van der Waals surface area (Å²) in [5.41, 5.74) is 4.02. The van der Waals surface area contributed by atoms with Crippen LogP contribution in [-0.2, 0) is 13.1 Å². The molecule has 3 aromatic rings. The number of carbonyl (C=O) groups is 2. The van der Waals surface area contributed by atoms with Crippen molar-refractivity contribution in [2.75, 3.05) is 31.1 Å². The fourth-order valence-corrected chi connectivity index (χ4v) is 4.00. The Balaban J connectivity index is 1.47. The van der Waals surface area contributed by atoms with Crippen molar-refractivity contribution in [3.63, 3.8) is 0 Å². The number of aromatic nitrogens is 2. The highest BCUT2D eigenvalue weighted by Gasteiger charge is 2.26. The van der Waals surface area contributed by atoms with Crippen molar-refractivity contribution in [3.8, 4) is 0 Å². The Bertz CT molecular complexity index is 1080. The van der Waals surface area contributed by atoms with E-state index in [1.807, 2.05) is 23.1 Å². The number of rotatable bonds is 6. The van der Waals surface area contributed by atoms with Gasteiger partial charge >= 0.3 is 6.03 Å². The maximum Gasteiger partial charge on any atom is 0.327 e. The van der Waals surface area contributed by atoms with E-state index >= 15 is 0 Å². The number of anilines is 1. The van der Waals surface area contributed by atoms with Crippen molar-refractivity contribution in [1.82, 2.24) is 25.2 Å². The molecule has 1 aromatic heterocycles. The molecule has 2 aromatic carbocycles. The van der Waals surface area contributed by atoms with Gasteiger partial charge in [-0.05, 0) is 35.7 Å². The van der Waals surface area contributed by atoms with E-state index in [-0.39, 0.29) is 12.6 Å². The van der Waals surface area contributed by atoms with E-state index in [0.717, 1.165) is 31.6 Å². The minimum absolute atomic E-state index is 0.148. The average Bonchev–Trinajstić information content (AvgIpc) is 3.13. The third kappa shape index (κ3) is 5.94. The topological polar surface area (TPSA) is 102 Å². The van der Waals surface area contributed by atoms with E-state index in [2.05, 4.69) is 27.0 Å². The number of hydrogen-bond acceptors (Lipinski definition) is 6. The van der Waals surface area contributed by atoms with E-state index in [1.54, 1.807) is 53.1 Å². The Morgan fingerprint density at radius 2 is 1.62 bits per heavy atom. The smallest absolute Gasteiger partial charge is 0.323 e. The standard InChI is InChI=1S/C25H28N6O3/c32-23(28-34)22-10-8-21(9-11-22)19-31(24-26-12-4-13-27-24)25(33)30-15-5-14-29(16-17-30)18-20-6-2-1-3-7-20/h1-4,6-13,34H,5,14-19H2,(H,28,32). The SMILES string of the molecule is O=C(NO)c1ccc(CN(C(=O)N2CCCN(Cc3ccccc3)CC2)c2ncccn2)cc1. The third-order valence-electron chi connectivity index (χ3n) is 5.79. The molecule has 1 aliphatic rings. The van der Waals surface area contributed by atoms with Gasteiger partial charge in [-0.15, -0.1) is 0 Å². The summed E-state index contributed by atoms with van der Waals surface area (Å²) >= 11 is 0. The zero-order valence-electron chi connectivity index (χ0n) is 18.9. The van der Waals surface area contributed by atoms with Gasteiger partial charge in [0.25, 0.3) is 5.91 Å². The van der Waals surface area contributed by atoms with Crippen LogP contribution in [0.15, 0.2) is 73.1 Å². The number of carbonyl (C=O) groups excluding carboxylic acids is 2. The monoisotopic (exact) mass is 460 g/mol. The molecular weight excluding hydrogens is 432 g/mol. The fourth-order valence-electron chi connectivity index (χ4n) is 4.00. The van der Waals surface area contributed by atoms with Crippen molar-refractivity contribution >= 4 is 17.9 Å². The normalized spacial score (nSPS) is 14.3. The van der Waals surface area contributed by atoms with Crippen LogP contribution in [0.1, 0.15) is 27.9 Å². The molecule has 0 aliphatic carbocycles. The first-order valence-corrected chi connectivity index (χ1v) is 11.3. The fraction of sp³-hybridized carbons (Fsp3) is 0.280. The Morgan fingerprint density at radius 3 is 2.32 bits per heavy atom. The minimum Gasteiger partial charge on any atom is -0.323 e. The van der Waals surface area contributed by atoms with Crippen LogP contribution in [0.3, 0.4) is 0 Å². The Hall–Kier alpha value is -3.82. The van der Waals surface area contributed by atoms with Crippen LogP contribution < -0.4 is 10.4 Å². The molecule has 0 bridgehead atoms. The van der Waals surface area contributed by atoms with Gasteiger partial charge in [0, 0.05) is 50.7 Å². The van der Waals surface area contributed by atoms with Gasteiger partial charge in [-0.1, -0.05) is 42.5 Å². The molecule has 0 radical (unpaired) electrons. The number of urea groups is 1. The lowest BCUT2D eigenvalue weighted by atomic mass is 10.1. The lowest BCUT2D eigenvalue weighted by Gasteiger charge is -2.29. The molecule has 3 amide bonds. The lowest BCUT2D eigenvalue weighted by Crippen LogP contribution is -2.45. The molecule has 0 atom stereocenters. The van der Waals surface area contributed by atoms with Gasteiger partial charge in [0.15, 0.2) is 0 Å². The van der Waals surface area contributed by atoms with E-state index in [4.69, 9.17) is 5.21 Å². The average molecular weight is 461 g/mol. The summed E-state index contributed by atoms with van der Waals surface area (Å²) in [6.45, 7) is 4.11. The number of hydroxylamine groups is 1. The highest BCUT2D eigenvalue weighted by atomic mass is 16.5. The van der Waals surface area contributed by atoms with Crippen LogP contribution in [0, 0.1) is 0 Å². The second-order valence-electron chi connectivity index (χ2n) is 8.16. The molecule has 176 valence electrons. The van der Waals surface area contributed by atoms with E-state index in [1.165, 1.54) is 5.56 Å². The van der Waals surface area contributed by atoms with Crippen molar-refractivity contribution in [3.05, 3.63) is 89.7 Å². The van der Waals surface area contributed by atoms with Crippen molar-refractivity contribution in [1.29, 1.82) is 0 Å². The molecule has 34 heavy (non-hydrogen) atoms. The first-order valence-electron chi connectivity index (χ1n) is 11.3. The maximum atomic E-state index is 13.6. The lowest BCUT2D eigenvalue weighted by molar-refractivity contribution is 0.0706. The molecule has 4 rings (SSSR count). The number of nitrogens with one attached hydrogen (secondary N) is 1. The van der Waals surface area contributed by atoms with Gasteiger partial charge in [0.1, 0.15) is 0 Å². The molecule has 1 fully saturated rings. The highest BCUT2D eigenvalue weighted by Crippen LogP contribution is 2.17. The van der Waals surface area contributed by atoms with Crippen LogP contribution in [0.4, 0.5) is 10.7 Å². The highest BCUT2D eigenvalue weighted by molar-refractivity contribution is 5.93. The van der Waals surface area contributed by atoms with Crippen LogP contribution in [0.2, 0.25) is 0 Å². The number of amides is 3. The molecule has 0 spiro atoms. The summed E-state index contributed by atoms with van der Waals surface area (Å²) in [4.78, 5) is 39.6. The van der Waals surface area contributed by atoms with Gasteiger partial charge < -0.3 is 4.90 Å². The van der Waals surface area contributed by atoms with Gasteiger partial charge in [0.2, 0.25) is 5.95 Å². The quantitative estimate of drug-likeness (QED) is 0.433. The summed E-state index contributed by atoms with van der Waals surface area (Å²) in [6.07, 6.45) is 4.11. The van der Waals surface area contributed by atoms with Gasteiger partial charge in [0.05, 0.1) is 6.54 Å².